The number of carbonyl (C=O) groups excluding carboxylic acids is 1. The lowest BCUT2D eigenvalue weighted by atomic mass is 10.2. The minimum absolute atomic E-state index is 0.113. The fourth-order valence-corrected chi connectivity index (χ4v) is 2.48. The summed E-state index contributed by atoms with van der Waals surface area (Å²) < 4.78 is 57.1. The first-order chi connectivity index (χ1) is 13.7. The van der Waals surface area contributed by atoms with Crippen LogP contribution in [-0.2, 0) is 12.7 Å². The Labute approximate surface area is 163 Å². The number of anilines is 1. The van der Waals surface area contributed by atoms with Crippen molar-refractivity contribution in [2.75, 3.05) is 5.73 Å². The van der Waals surface area contributed by atoms with E-state index in [9.17, 15) is 22.4 Å². The van der Waals surface area contributed by atoms with Gasteiger partial charge in [0.25, 0.3) is 5.91 Å². The number of aromatic nitrogens is 1. The van der Waals surface area contributed by atoms with Gasteiger partial charge in [0.05, 0.1) is 11.1 Å². The number of ether oxygens (including phenoxy) is 1. The minimum atomic E-state index is -4.68. The maximum Gasteiger partial charge on any atom is 0.416 e. The highest BCUT2D eigenvalue weighted by Gasteiger charge is 2.31. The van der Waals surface area contributed by atoms with Gasteiger partial charge in [-0.3, -0.25) is 4.79 Å². The lowest BCUT2D eigenvalue weighted by Crippen LogP contribution is -2.24. The third-order valence-corrected chi connectivity index (χ3v) is 3.89. The maximum absolute atomic E-state index is 13.4. The number of benzene rings is 2. The van der Waals surface area contributed by atoms with Crippen LogP contribution in [0.2, 0.25) is 0 Å². The van der Waals surface area contributed by atoms with Crippen LogP contribution in [0.1, 0.15) is 21.5 Å². The zero-order chi connectivity index (χ0) is 21.0. The zero-order valence-corrected chi connectivity index (χ0v) is 14.8. The highest BCUT2D eigenvalue weighted by atomic mass is 19.4. The number of hydrogen-bond donors (Lipinski definition) is 2. The molecule has 0 aliphatic rings. The van der Waals surface area contributed by atoms with Crippen molar-refractivity contribution in [3.05, 3.63) is 83.3 Å². The third kappa shape index (κ3) is 5.22. The van der Waals surface area contributed by atoms with Gasteiger partial charge in [0.2, 0.25) is 0 Å². The molecule has 0 saturated heterocycles. The number of hydrogen-bond acceptors (Lipinski definition) is 4. The zero-order valence-electron chi connectivity index (χ0n) is 14.8. The third-order valence-electron chi connectivity index (χ3n) is 3.89. The number of pyridine rings is 1. The van der Waals surface area contributed by atoms with E-state index >= 15 is 0 Å². The van der Waals surface area contributed by atoms with Crippen molar-refractivity contribution in [3.8, 4) is 11.5 Å². The molecular formula is C20H15F4N3O2. The molecule has 3 N–H and O–H groups in total. The number of nitrogens with two attached hydrogens (primary N) is 1. The second-order valence-corrected chi connectivity index (χ2v) is 6.04. The summed E-state index contributed by atoms with van der Waals surface area (Å²) >= 11 is 0. The molecule has 5 nitrogen and oxygen atoms in total. The predicted octanol–water partition coefficient (Wildman–Crippen LogP) is 4.54. The van der Waals surface area contributed by atoms with Gasteiger partial charge in [0.15, 0.2) is 0 Å². The molecule has 3 aromatic rings. The molecule has 0 bridgehead atoms. The first-order valence-electron chi connectivity index (χ1n) is 8.35. The summed E-state index contributed by atoms with van der Waals surface area (Å²) in [6.45, 7) is 0.186. The van der Waals surface area contributed by atoms with E-state index < -0.39 is 23.5 Å². The Kier molecular flexibility index (Phi) is 5.67. The number of alkyl halides is 3. The lowest BCUT2D eigenvalue weighted by molar-refractivity contribution is -0.137. The number of carbonyl (C=O) groups is 1. The van der Waals surface area contributed by atoms with Crippen molar-refractivity contribution in [1.82, 2.24) is 10.3 Å². The summed E-state index contributed by atoms with van der Waals surface area (Å²) in [4.78, 5) is 15.9. The second kappa shape index (κ2) is 8.17. The summed E-state index contributed by atoms with van der Waals surface area (Å²) in [6, 6.07) is 11.3. The molecule has 3 rings (SSSR count). The van der Waals surface area contributed by atoms with E-state index in [0.29, 0.717) is 11.6 Å². The van der Waals surface area contributed by atoms with Crippen LogP contribution in [-0.4, -0.2) is 10.9 Å². The molecule has 29 heavy (non-hydrogen) atoms. The molecule has 2 aromatic carbocycles. The Morgan fingerprint density at radius 2 is 1.79 bits per heavy atom. The van der Waals surface area contributed by atoms with E-state index in [0.717, 1.165) is 12.1 Å². The summed E-state index contributed by atoms with van der Waals surface area (Å²) in [5, 5.41) is 2.68. The van der Waals surface area contributed by atoms with Crippen LogP contribution >= 0.6 is 0 Å². The summed E-state index contributed by atoms with van der Waals surface area (Å²) in [5.74, 6) is -1.39. The molecule has 0 atom stereocenters. The van der Waals surface area contributed by atoms with E-state index in [-0.39, 0.29) is 29.4 Å². The van der Waals surface area contributed by atoms with Crippen molar-refractivity contribution < 1.29 is 27.1 Å². The Balaban J connectivity index is 1.64. The average molecular weight is 405 g/mol. The van der Waals surface area contributed by atoms with Crippen molar-refractivity contribution in [2.24, 2.45) is 0 Å². The van der Waals surface area contributed by atoms with E-state index in [1.807, 2.05) is 0 Å². The van der Waals surface area contributed by atoms with E-state index in [1.54, 1.807) is 24.3 Å². The number of amides is 1. The van der Waals surface area contributed by atoms with Gasteiger partial charge in [0.1, 0.15) is 23.1 Å². The van der Waals surface area contributed by atoms with E-state index in [1.165, 1.54) is 18.3 Å². The Morgan fingerprint density at radius 3 is 2.45 bits per heavy atom. The smallest absolute Gasteiger partial charge is 0.416 e. The van der Waals surface area contributed by atoms with Crippen LogP contribution in [0.5, 0.6) is 11.5 Å². The van der Waals surface area contributed by atoms with Crippen molar-refractivity contribution >= 4 is 11.7 Å². The Bertz CT molecular complexity index is 1020. The normalized spacial score (nSPS) is 11.2. The highest BCUT2D eigenvalue weighted by molar-refractivity contribution is 5.98. The molecule has 0 unspecified atom stereocenters. The van der Waals surface area contributed by atoms with Crippen molar-refractivity contribution in [2.45, 2.75) is 12.7 Å². The molecule has 0 saturated carbocycles. The van der Waals surface area contributed by atoms with Gasteiger partial charge in [-0.2, -0.15) is 13.2 Å². The average Bonchev–Trinajstić information content (AvgIpc) is 2.66. The van der Waals surface area contributed by atoms with Gasteiger partial charge in [0, 0.05) is 18.8 Å². The fraction of sp³-hybridized carbons (Fsp3) is 0.100. The largest absolute Gasteiger partial charge is 0.457 e. The molecule has 9 heteroatoms. The molecule has 150 valence electrons. The standard InChI is InChI=1S/C20H15F4N3O2/c21-14-8-13(20(22,23)24)9-16(10-14)29-15-5-3-12(4-6-15)11-27-19(28)17-2-1-7-26-18(17)25/h1-10H,11H2,(H2,25,26)(H,27,28). The predicted molar refractivity (Wildman–Crippen MR) is 97.7 cm³/mol. The van der Waals surface area contributed by atoms with Crippen LogP contribution in [0.25, 0.3) is 0 Å². The van der Waals surface area contributed by atoms with Gasteiger partial charge >= 0.3 is 6.18 Å². The molecule has 0 aliphatic carbocycles. The molecule has 0 aliphatic heterocycles. The quantitative estimate of drug-likeness (QED) is 0.611. The first-order valence-corrected chi connectivity index (χ1v) is 8.35. The van der Waals surface area contributed by atoms with Gasteiger partial charge in [-0.15, -0.1) is 0 Å². The van der Waals surface area contributed by atoms with Crippen LogP contribution in [0.4, 0.5) is 23.4 Å². The van der Waals surface area contributed by atoms with Gasteiger partial charge in [-0.25, -0.2) is 9.37 Å². The summed E-state index contributed by atoms with van der Waals surface area (Å²) in [5.41, 5.74) is 5.47. The SMILES string of the molecule is Nc1ncccc1C(=O)NCc1ccc(Oc2cc(F)cc(C(F)(F)F)c2)cc1. The monoisotopic (exact) mass is 405 g/mol. The van der Waals surface area contributed by atoms with E-state index in [2.05, 4.69) is 10.3 Å². The Morgan fingerprint density at radius 1 is 1.07 bits per heavy atom. The summed E-state index contributed by atoms with van der Waals surface area (Å²) in [7, 11) is 0. The molecule has 1 amide bonds. The van der Waals surface area contributed by atoms with Crippen LogP contribution in [0.15, 0.2) is 60.8 Å². The lowest BCUT2D eigenvalue weighted by Gasteiger charge is -2.11. The first kappa shape index (κ1) is 20.1. The molecular weight excluding hydrogens is 390 g/mol. The van der Waals surface area contributed by atoms with Crippen LogP contribution < -0.4 is 15.8 Å². The maximum atomic E-state index is 13.4. The van der Waals surface area contributed by atoms with Crippen LogP contribution in [0.3, 0.4) is 0 Å². The van der Waals surface area contributed by atoms with Gasteiger partial charge < -0.3 is 15.8 Å². The summed E-state index contributed by atoms with van der Waals surface area (Å²) in [6.07, 6.45) is -3.21. The number of nitrogens with one attached hydrogen (secondary N) is 1. The van der Waals surface area contributed by atoms with E-state index in [4.69, 9.17) is 10.5 Å². The van der Waals surface area contributed by atoms with Gasteiger partial charge in [-0.1, -0.05) is 12.1 Å². The number of nitrogens with zero attached hydrogens (tertiary/aromatic N) is 1. The number of halogens is 4. The molecule has 0 fully saturated rings. The second-order valence-electron chi connectivity index (χ2n) is 6.04. The molecule has 1 aromatic heterocycles. The highest BCUT2D eigenvalue weighted by Crippen LogP contribution is 2.33. The van der Waals surface area contributed by atoms with Gasteiger partial charge in [-0.05, 0) is 42.0 Å². The molecule has 1 heterocycles. The fourth-order valence-electron chi connectivity index (χ4n) is 2.48. The topological polar surface area (TPSA) is 77.2 Å². The van der Waals surface area contributed by atoms with Crippen molar-refractivity contribution in [3.63, 3.8) is 0 Å². The Hall–Kier alpha value is -3.62. The molecule has 0 radical (unpaired) electrons. The minimum Gasteiger partial charge on any atom is -0.457 e. The van der Waals surface area contributed by atoms with Crippen molar-refractivity contribution in [1.29, 1.82) is 0 Å². The molecule has 0 spiro atoms. The number of rotatable bonds is 5. The number of nitrogen functional groups attached to an aromatic ring is 1. The van der Waals surface area contributed by atoms with Crippen LogP contribution in [0, 0.1) is 5.82 Å².